The summed E-state index contributed by atoms with van der Waals surface area (Å²) in [4.78, 5) is 25.0. The van der Waals surface area contributed by atoms with Crippen LogP contribution in [0.15, 0.2) is 72.8 Å². The molecule has 0 aliphatic rings. The number of carbonyl (C=O) groups is 2. The van der Waals surface area contributed by atoms with Gasteiger partial charge in [-0.15, -0.1) is 0 Å². The normalized spacial score (nSPS) is 10.3. The molecular formula is C22H18O6. The second-order valence-electron chi connectivity index (χ2n) is 5.98. The van der Waals surface area contributed by atoms with Gasteiger partial charge < -0.3 is 19.7 Å². The van der Waals surface area contributed by atoms with Crippen molar-refractivity contribution < 1.29 is 29.3 Å². The quantitative estimate of drug-likeness (QED) is 0.500. The summed E-state index contributed by atoms with van der Waals surface area (Å²) in [6.07, 6.45) is 0. The number of ether oxygens (including phenoxy) is 2. The van der Waals surface area contributed by atoms with E-state index in [2.05, 4.69) is 0 Å². The number of carbonyl (C=O) groups excluding carboxylic acids is 2. The van der Waals surface area contributed by atoms with Crippen LogP contribution in [0.1, 0.15) is 31.8 Å². The second kappa shape index (κ2) is 8.73. The molecule has 6 heteroatoms. The Labute approximate surface area is 161 Å². The van der Waals surface area contributed by atoms with Crippen LogP contribution in [0.25, 0.3) is 0 Å². The number of hydrogen-bond acceptors (Lipinski definition) is 6. The van der Waals surface area contributed by atoms with Gasteiger partial charge in [-0.05, 0) is 23.3 Å². The van der Waals surface area contributed by atoms with E-state index in [0.717, 1.165) is 23.3 Å². The lowest BCUT2D eigenvalue weighted by atomic mass is 10.0. The highest BCUT2D eigenvalue weighted by Crippen LogP contribution is 2.31. The molecule has 0 atom stereocenters. The van der Waals surface area contributed by atoms with Crippen molar-refractivity contribution in [2.45, 2.75) is 13.2 Å². The molecule has 3 rings (SSSR count). The largest absolute Gasteiger partial charge is 0.507 e. The Morgan fingerprint density at radius 3 is 1.32 bits per heavy atom. The number of phenols is 2. The van der Waals surface area contributed by atoms with E-state index in [-0.39, 0.29) is 13.2 Å². The molecule has 6 nitrogen and oxygen atoms in total. The lowest BCUT2D eigenvalue weighted by Gasteiger charge is -2.13. The van der Waals surface area contributed by atoms with Crippen LogP contribution in [0.4, 0.5) is 0 Å². The second-order valence-corrected chi connectivity index (χ2v) is 5.98. The molecule has 0 fully saturated rings. The van der Waals surface area contributed by atoms with Crippen molar-refractivity contribution in [3.63, 3.8) is 0 Å². The van der Waals surface area contributed by atoms with Crippen molar-refractivity contribution in [2.24, 2.45) is 0 Å². The molecule has 0 aromatic heterocycles. The molecule has 0 saturated heterocycles. The maximum absolute atomic E-state index is 12.5. The monoisotopic (exact) mass is 378 g/mol. The SMILES string of the molecule is O=C(OCc1ccccc1)c1c(O)ccc(O)c1C(=O)OCc1ccccc1. The van der Waals surface area contributed by atoms with Gasteiger partial charge >= 0.3 is 11.9 Å². The molecule has 0 bridgehead atoms. The zero-order valence-electron chi connectivity index (χ0n) is 14.9. The third-order valence-electron chi connectivity index (χ3n) is 4.00. The summed E-state index contributed by atoms with van der Waals surface area (Å²) in [5.41, 5.74) is 0.607. The third-order valence-corrected chi connectivity index (χ3v) is 4.00. The van der Waals surface area contributed by atoms with Crippen LogP contribution in [-0.4, -0.2) is 22.2 Å². The van der Waals surface area contributed by atoms with E-state index >= 15 is 0 Å². The van der Waals surface area contributed by atoms with E-state index in [9.17, 15) is 19.8 Å². The number of esters is 2. The van der Waals surface area contributed by atoms with Crippen LogP contribution in [0.5, 0.6) is 11.5 Å². The molecule has 28 heavy (non-hydrogen) atoms. The zero-order chi connectivity index (χ0) is 19.9. The van der Waals surface area contributed by atoms with Crippen LogP contribution in [0.3, 0.4) is 0 Å². The molecule has 3 aromatic carbocycles. The topological polar surface area (TPSA) is 93.1 Å². The Kier molecular flexibility index (Phi) is 5.91. The van der Waals surface area contributed by atoms with Gasteiger partial charge in [0.25, 0.3) is 0 Å². The van der Waals surface area contributed by atoms with Crippen LogP contribution in [0, 0.1) is 0 Å². The van der Waals surface area contributed by atoms with Crippen LogP contribution in [-0.2, 0) is 22.7 Å². The first-order valence-corrected chi connectivity index (χ1v) is 8.53. The molecule has 0 unspecified atom stereocenters. The first-order chi connectivity index (χ1) is 13.6. The Morgan fingerprint density at radius 2 is 0.964 bits per heavy atom. The number of phenolic OH excluding ortho intramolecular Hbond substituents is 2. The Balaban J connectivity index is 1.79. The number of rotatable bonds is 6. The first-order valence-electron chi connectivity index (χ1n) is 8.53. The molecule has 0 saturated carbocycles. The maximum atomic E-state index is 12.5. The summed E-state index contributed by atoms with van der Waals surface area (Å²) in [5, 5.41) is 20.2. The molecule has 0 aliphatic heterocycles. The first kappa shape index (κ1) is 19.0. The standard InChI is InChI=1S/C22H18O6/c23-17-11-12-18(24)20(22(26)28-14-16-9-5-2-6-10-16)19(17)21(25)27-13-15-7-3-1-4-8-15/h1-12,23-24H,13-14H2. The zero-order valence-corrected chi connectivity index (χ0v) is 14.9. The van der Waals surface area contributed by atoms with Crippen molar-refractivity contribution >= 4 is 11.9 Å². The van der Waals surface area contributed by atoms with Crippen LogP contribution in [0.2, 0.25) is 0 Å². The molecule has 0 heterocycles. The summed E-state index contributed by atoms with van der Waals surface area (Å²) in [5.74, 6) is -2.85. The molecule has 0 radical (unpaired) electrons. The molecule has 2 N–H and O–H groups in total. The van der Waals surface area contributed by atoms with Gasteiger partial charge in [-0.3, -0.25) is 0 Å². The van der Waals surface area contributed by atoms with E-state index in [1.165, 1.54) is 0 Å². The van der Waals surface area contributed by atoms with Crippen molar-refractivity contribution in [1.82, 2.24) is 0 Å². The van der Waals surface area contributed by atoms with Gasteiger partial charge in [0.2, 0.25) is 0 Å². The van der Waals surface area contributed by atoms with E-state index in [0.29, 0.717) is 0 Å². The highest BCUT2D eigenvalue weighted by atomic mass is 16.5. The number of benzene rings is 3. The minimum absolute atomic E-state index is 0.0483. The smallest absolute Gasteiger partial charge is 0.343 e. The molecule has 0 amide bonds. The summed E-state index contributed by atoms with van der Waals surface area (Å²) >= 11 is 0. The summed E-state index contributed by atoms with van der Waals surface area (Å²) in [7, 11) is 0. The highest BCUT2D eigenvalue weighted by molar-refractivity contribution is 6.06. The lowest BCUT2D eigenvalue weighted by Crippen LogP contribution is -2.15. The van der Waals surface area contributed by atoms with Gasteiger partial charge in [-0.25, -0.2) is 9.59 Å². The van der Waals surface area contributed by atoms with Gasteiger partial charge in [0.1, 0.15) is 35.8 Å². The summed E-state index contributed by atoms with van der Waals surface area (Å²) in [6.45, 7) is -0.0967. The fourth-order valence-corrected chi connectivity index (χ4v) is 2.58. The van der Waals surface area contributed by atoms with Crippen molar-refractivity contribution in [2.75, 3.05) is 0 Å². The van der Waals surface area contributed by atoms with Crippen molar-refractivity contribution in [3.05, 3.63) is 95.1 Å². The average molecular weight is 378 g/mol. The highest BCUT2D eigenvalue weighted by Gasteiger charge is 2.27. The van der Waals surface area contributed by atoms with E-state index in [1.807, 2.05) is 12.1 Å². The van der Waals surface area contributed by atoms with Gasteiger partial charge in [0.15, 0.2) is 0 Å². The fourth-order valence-electron chi connectivity index (χ4n) is 2.58. The number of hydrogen-bond donors (Lipinski definition) is 2. The molecule has 0 aliphatic carbocycles. The molecular weight excluding hydrogens is 360 g/mol. The minimum atomic E-state index is -0.941. The summed E-state index contributed by atoms with van der Waals surface area (Å²) in [6, 6.07) is 20.1. The van der Waals surface area contributed by atoms with Gasteiger partial charge in [-0.1, -0.05) is 60.7 Å². The van der Waals surface area contributed by atoms with Gasteiger partial charge in [0, 0.05) is 0 Å². The van der Waals surface area contributed by atoms with Crippen molar-refractivity contribution in [3.8, 4) is 11.5 Å². The fraction of sp³-hybridized carbons (Fsp3) is 0.0909. The molecule has 3 aromatic rings. The predicted molar refractivity (Wildman–Crippen MR) is 101 cm³/mol. The van der Waals surface area contributed by atoms with Crippen LogP contribution >= 0.6 is 0 Å². The van der Waals surface area contributed by atoms with Gasteiger partial charge in [0.05, 0.1) is 0 Å². The Morgan fingerprint density at radius 1 is 0.607 bits per heavy atom. The average Bonchev–Trinajstić information content (AvgIpc) is 2.73. The molecule has 0 spiro atoms. The maximum Gasteiger partial charge on any atom is 0.343 e. The molecule has 142 valence electrons. The Bertz CT molecular complexity index is 887. The number of aromatic hydroxyl groups is 2. The van der Waals surface area contributed by atoms with Crippen LogP contribution < -0.4 is 0 Å². The van der Waals surface area contributed by atoms with Crippen molar-refractivity contribution in [1.29, 1.82) is 0 Å². The van der Waals surface area contributed by atoms with Gasteiger partial charge in [-0.2, -0.15) is 0 Å². The van der Waals surface area contributed by atoms with E-state index < -0.39 is 34.6 Å². The third kappa shape index (κ3) is 4.48. The lowest BCUT2D eigenvalue weighted by molar-refractivity contribution is 0.0419. The minimum Gasteiger partial charge on any atom is -0.507 e. The van der Waals surface area contributed by atoms with E-state index in [1.54, 1.807) is 48.5 Å². The van der Waals surface area contributed by atoms with E-state index in [4.69, 9.17) is 9.47 Å². The Hall–Kier alpha value is -3.80. The predicted octanol–water partition coefficient (Wildman–Crippen LogP) is 3.81. The summed E-state index contributed by atoms with van der Waals surface area (Å²) < 4.78 is 10.4.